The van der Waals surface area contributed by atoms with E-state index in [1.165, 1.54) is 10.7 Å². The Kier molecular flexibility index (Phi) is 3.50. The maximum atomic E-state index is 14.5. The van der Waals surface area contributed by atoms with Crippen molar-refractivity contribution in [2.24, 2.45) is 0 Å². The highest BCUT2D eigenvalue weighted by Gasteiger charge is 2.55. The van der Waals surface area contributed by atoms with Crippen molar-refractivity contribution in [3.05, 3.63) is 17.6 Å². The van der Waals surface area contributed by atoms with Crippen LogP contribution in [0.4, 0.5) is 10.3 Å². The Labute approximate surface area is 125 Å². The molecule has 2 aromatic rings. The van der Waals surface area contributed by atoms with Gasteiger partial charge in [-0.3, -0.25) is 0 Å². The van der Waals surface area contributed by atoms with E-state index in [9.17, 15) is 14.6 Å². The first-order valence-electron chi connectivity index (χ1n) is 7.02. The van der Waals surface area contributed by atoms with Crippen LogP contribution in [0, 0.1) is 6.92 Å². The van der Waals surface area contributed by atoms with Crippen LogP contribution in [0.2, 0.25) is 0 Å². The minimum absolute atomic E-state index is 0.0297. The largest absolute Gasteiger partial charge is 0.393 e. The van der Waals surface area contributed by atoms with Crippen LogP contribution in [0.5, 0.6) is 0 Å². The van der Waals surface area contributed by atoms with Gasteiger partial charge in [-0.2, -0.15) is 0 Å². The first-order valence-corrected chi connectivity index (χ1v) is 7.02. The number of hydrogen-bond acceptors (Lipinski definition) is 7. The number of nitrogens with zero attached hydrogens (tertiary/aromatic N) is 4. The van der Waals surface area contributed by atoms with Crippen LogP contribution < -0.4 is 5.73 Å². The normalized spacial score (nSPS) is 32.0. The topological polar surface area (TPSA) is 119 Å². The lowest BCUT2D eigenvalue weighted by Gasteiger charge is -2.28. The molecule has 0 spiro atoms. The molecule has 4 atom stereocenters. The third kappa shape index (κ3) is 1.97. The molecule has 0 unspecified atom stereocenters. The fraction of sp³-hybridized carbons (Fsp3) is 0.615. The van der Waals surface area contributed by atoms with Crippen LogP contribution in [0.1, 0.15) is 30.8 Å². The second-order valence-electron chi connectivity index (χ2n) is 5.48. The standard InChI is InChI=1S/C13H18FN5O3/c1-3-13(5-20)10(21)8(14)9(22-13)7-4-16-11-6(2)17-12(15)18-19(7)11/h4,8-10,20-21H,3,5H2,1-2H3,(H2,15,18)/t8-,9-,10-,13+/m0/s1. The molecule has 8 nitrogen and oxygen atoms in total. The predicted molar refractivity (Wildman–Crippen MR) is 74.8 cm³/mol. The third-order valence-corrected chi connectivity index (χ3v) is 4.22. The minimum atomic E-state index is -1.71. The van der Waals surface area contributed by atoms with Crippen molar-refractivity contribution in [2.75, 3.05) is 12.3 Å². The molecule has 0 saturated carbocycles. The molecule has 9 heteroatoms. The van der Waals surface area contributed by atoms with Gasteiger partial charge < -0.3 is 20.7 Å². The van der Waals surface area contributed by atoms with Crippen LogP contribution in [0.25, 0.3) is 5.65 Å². The van der Waals surface area contributed by atoms with E-state index in [4.69, 9.17) is 10.5 Å². The van der Waals surface area contributed by atoms with Crippen molar-refractivity contribution in [1.29, 1.82) is 0 Å². The number of ether oxygens (including phenoxy) is 1. The molecule has 1 aliphatic rings. The first-order chi connectivity index (χ1) is 10.4. The lowest BCUT2D eigenvalue weighted by molar-refractivity contribution is -0.115. The number of halogens is 1. The number of anilines is 1. The lowest BCUT2D eigenvalue weighted by atomic mass is 9.93. The Morgan fingerprint density at radius 3 is 2.86 bits per heavy atom. The summed E-state index contributed by atoms with van der Waals surface area (Å²) in [6.45, 7) is 2.95. The molecule has 1 saturated heterocycles. The second-order valence-corrected chi connectivity index (χ2v) is 5.48. The Morgan fingerprint density at radius 1 is 1.55 bits per heavy atom. The van der Waals surface area contributed by atoms with E-state index >= 15 is 0 Å². The van der Waals surface area contributed by atoms with E-state index in [0.29, 0.717) is 17.0 Å². The summed E-state index contributed by atoms with van der Waals surface area (Å²) in [6, 6.07) is 0. The van der Waals surface area contributed by atoms with Gasteiger partial charge in [-0.05, 0) is 13.3 Å². The summed E-state index contributed by atoms with van der Waals surface area (Å²) in [7, 11) is 0. The average molecular weight is 311 g/mol. The molecule has 4 N–H and O–H groups in total. The van der Waals surface area contributed by atoms with Gasteiger partial charge in [0, 0.05) is 0 Å². The number of aliphatic hydroxyl groups excluding tert-OH is 2. The Bertz CT molecular complexity index is 702. The highest BCUT2D eigenvalue weighted by atomic mass is 19.1. The van der Waals surface area contributed by atoms with E-state index in [1.807, 2.05) is 0 Å². The molecule has 0 aromatic carbocycles. The van der Waals surface area contributed by atoms with E-state index in [2.05, 4.69) is 15.1 Å². The van der Waals surface area contributed by atoms with Gasteiger partial charge in [-0.15, -0.1) is 5.10 Å². The van der Waals surface area contributed by atoms with Crippen molar-refractivity contribution >= 4 is 11.6 Å². The molecule has 3 rings (SSSR count). The van der Waals surface area contributed by atoms with Crippen LogP contribution in [-0.4, -0.2) is 54.3 Å². The van der Waals surface area contributed by atoms with Gasteiger partial charge in [0.25, 0.3) is 0 Å². The predicted octanol–water partition coefficient (Wildman–Crippen LogP) is -0.0737. The maximum Gasteiger partial charge on any atom is 0.238 e. The van der Waals surface area contributed by atoms with Gasteiger partial charge in [0.15, 0.2) is 11.8 Å². The number of fused-ring (bicyclic) bond motifs is 1. The lowest BCUT2D eigenvalue weighted by Crippen LogP contribution is -2.44. The van der Waals surface area contributed by atoms with Crippen LogP contribution in [0.3, 0.4) is 0 Å². The zero-order chi connectivity index (χ0) is 16.1. The summed E-state index contributed by atoms with van der Waals surface area (Å²) in [5.74, 6) is 0.0297. The summed E-state index contributed by atoms with van der Waals surface area (Å²) in [6.07, 6.45) is -2.54. The number of rotatable bonds is 3. The van der Waals surface area contributed by atoms with Crippen LogP contribution in [-0.2, 0) is 4.74 Å². The van der Waals surface area contributed by atoms with Gasteiger partial charge in [-0.1, -0.05) is 6.92 Å². The quantitative estimate of drug-likeness (QED) is 0.725. The number of nitrogens with two attached hydrogens (primary N) is 1. The van der Waals surface area contributed by atoms with Crippen LogP contribution >= 0.6 is 0 Å². The SMILES string of the molecule is CC[C@]1(CO)O[C@@H](c2cnc3c(C)nc(N)nn23)[C@H](F)[C@@H]1O. The van der Waals surface area contributed by atoms with E-state index < -0.39 is 30.6 Å². The zero-order valence-electron chi connectivity index (χ0n) is 12.3. The smallest absolute Gasteiger partial charge is 0.238 e. The summed E-state index contributed by atoms with van der Waals surface area (Å²) >= 11 is 0. The van der Waals surface area contributed by atoms with Crippen molar-refractivity contribution in [3.8, 4) is 0 Å². The number of nitrogen functional groups attached to an aromatic ring is 1. The summed E-state index contributed by atoms with van der Waals surface area (Å²) in [4.78, 5) is 8.15. The molecule has 0 radical (unpaired) electrons. The molecule has 120 valence electrons. The fourth-order valence-corrected chi connectivity index (χ4v) is 2.85. The van der Waals surface area contributed by atoms with Crippen molar-refractivity contribution in [3.63, 3.8) is 0 Å². The number of aromatic nitrogens is 4. The van der Waals surface area contributed by atoms with Crippen LogP contribution in [0.15, 0.2) is 6.20 Å². The van der Waals surface area contributed by atoms with E-state index in [-0.39, 0.29) is 12.4 Å². The molecule has 1 fully saturated rings. The molecule has 0 amide bonds. The second kappa shape index (κ2) is 5.11. The third-order valence-electron chi connectivity index (χ3n) is 4.22. The molecular formula is C13H18FN5O3. The minimum Gasteiger partial charge on any atom is -0.393 e. The number of alkyl halides is 1. The number of imidazole rings is 1. The molecule has 2 aromatic heterocycles. The molecule has 3 heterocycles. The van der Waals surface area contributed by atoms with Gasteiger partial charge in [0.2, 0.25) is 5.95 Å². The number of aliphatic hydroxyl groups is 2. The highest BCUT2D eigenvalue weighted by Crippen LogP contribution is 2.43. The van der Waals surface area contributed by atoms with E-state index in [1.54, 1.807) is 13.8 Å². The van der Waals surface area contributed by atoms with E-state index in [0.717, 1.165) is 0 Å². The fourth-order valence-electron chi connectivity index (χ4n) is 2.85. The zero-order valence-corrected chi connectivity index (χ0v) is 12.3. The summed E-state index contributed by atoms with van der Waals surface area (Å²) in [5.41, 5.74) is 5.60. The number of hydrogen-bond donors (Lipinski definition) is 3. The maximum absolute atomic E-state index is 14.5. The monoisotopic (exact) mass is 311 g/mol. The summed E-state index contributed by atoms with van der Waals surface area (Å²) < 4.78 is 21.6. The van der Waals surface area contributed by atoms with Gasteiger partial charge in [-0.25, -0.2) is 18.9 Å². The molecule has 0 bridgehead atoms. The molecule has 22 heavy (non-hydrogen) atoms. The van der Waals surface area contributed by atoms with Gasteiger partial charge >= 0.3 is 0 Å². The Morgan fingerprint density at radius 2 is 2.27 bits per heavy atom. The number of aryl methyl sites for hydroxylation is 1. The Hall–Kier alpha value is -1.84. The first kappa shape index (κ1) is 15.1. The average Bonchev–Trinajstić information content (AvgIpc) is 3.01. The molecular weight excluding hydrogens is 293 g/mol. The van der Waals surface area contributed by atoms with Gasteiger partial charge in [0.1, 0.15) is 17.8 Å². The van der Waals surface area contributed by atoms with Crippen molar-refractivity contribution in [1.82, 2.24) is 19.6 Å². The molecule has 1 aliphatic heterocycles. The summed E-state index contributed by atoms with van der Waals surface area (Å²) in [5, 5.41) is 23.6. The van der Waals surface area contributed by atoms with Crippen molar-refractivity contribution in [2.45, 2.75) is 44.2 Å². The van der Waals surface area contributed by atoms with Gasteiger partial charge in [0.05, 0.1) is 24.2 Å². The Balaban J connectivity index is 2.09. The van der Waals surface area contributed by atoms with Crippen molar-refractivity contribution < 1.29 is 19.3 Å². The molecule has 0 aliphatic carbocycles. The highest BCUT2D eigenvalue weighted by molar-refractivity contribution is 5.46.